The molecule has 148 valence electrons. The van der Waals surface area contributed by atoms with Gasteiger partial charge in [0.15, 0.2) is 0 Å². The van der Waals surface area contributed by atoms with E-state index in [9.17, 15) is 19.7 Å². The molecule has 8 heteroatoms. The minimum atomic E-state index is -0.631. The van der Waals surface area contributed by atoms with Crippen molar-refractivity contribution in [3.8, 4) is 0 Å². The van der Waals surface area contributed by atoms with Crippen LogP contribution in [0.4, 0.5) is 10.5 Å². The Labute approximate surface area is 163 Å². The SMILES string of the molecule is CC(C)NC(=O)NCc1ccc(C(=O)O[C@H](C)c2cccc([N+](=O)[O-])c2)cc1. The van der Waals surface area contributed by atoms with Crippen molar-refractivity contribution in [2.45, 2.75) is 39.5 Å². The maximum Gasteiger partial charge on any atom is 0.338 e. The quantitative estimate of drug-likeness (QED) is 0.429. The standard InChI is InChI=1S/C20H23N3O5/c1-13(2)22-20(25)21-12-15-7-9-16(10-8-15)19(24)28-14(3)17-5-4-6-18(11-17)23(26)27/h4-11,13-14H,12H2,1-3H3,(H2,21,22,25)/t14-/m1/s1. The molecule has 0 aliphatic heterocycles. The molecule has 2 N–H and O–H groups in total. The summed E-state index contributed by atoms with van der Waals surface area (Å²) in [5.74, 6) is -0.531. The van der Waals surface area contributed by atoms with Crippen LogP contribution in [0.3, 0.4) is 0 Å². The maximum absolute atomic E-state index is 12.3. The molecule has 0 heterocycles. The molecule has 0 spiro atoms. The number of rotatable bonds is 7. The first kappa shape index (κ1) is 20.9. The number of carbonyl (C=O) groups excluding carboxylic acids is 2. The molecule has 0 saturated heterocycles. The van der Waals surface area contributed by atoms with Gasteiger partial charge in [-0.25, -0.2) is 9.59 Å². The molecule has 2 aromatic carbocycles. The normalized spacial score (nSPS) is 11.6. The van der Waals surface area contributed by atoms with E-state index in [1.807, 2.05) is 13.8 Å². The number of non-ortho nitro benzene ring substituents is 1. The average molecular weight is 385 g/mol. The fourth-order valence-corrected chi connectivity index (χ4v) is 2.44. The van der Waals surface area contributed by atoms with Gasteiger partial charge in [-0.15, -0.1) is 0 Å². The van der Waals surface area contributed by atoms with E-state index >= 15 is 0 Å². The van der Waals surface area contributed by atoms with Crippen LogP contribution in [0.1, 0.15) is 48.4 Å². The van der Waals surface area contributed by atoms with Gasteiger partial charge in [0.2, 0.25) is 0 Å². The van der Waals surface area contributed by atoms with E-state index in [0.29, 0.717) is 17.7 Å². The maximum atomic E-state index is 12.3. The van der Waals surface area contributed by atoms with E-state index in [0.717, 1.165) is 5.56 Å². The number of amides is 2. The van der Waals surface area contributed by atoms with Crippen LogP contribution in [0, 0.1) is 10.1 Å². The van der Waals surface area contributed by atoms with Crippen molar-refractivity contribution in [2.24, 2.45) is 0 Å². The van der Waals surface area contributed by atoms with Crippen molar-refractivity contribution in [1.29, 1.82) is 0 Å². The van der Waals surface area contributed by atoms with E-state index in [1.165, 1.54) is 12.1 Å². The number of nitrogens with zero attached hydrogens (tertiary/aromatic N) is 1. The summed E-state index contributed by atoms with van der Waals surface area (Å²) in [4.78, 5) is 34.3. The summed E-state index contributed by atoms with van der Waals surface area (Å²) in [7, 11) is 0. The second-order valence-corrected chi connectivity index (χ2v) is 6.58. The summed E-state index contributed by atoms with van der Waals surface area (Å²) in [6.07, 6.45) is -0.631. The van der Waals surface area contributed by atoms with Crippen molar-refractivity contribution in [3.05, 3.63) is 75.3 Å². The number of nitro groups is 1. The third-order valence-corrected chi connectivity index (χ3v) is 3.90. The summed E-state index contributed by atoms with van der Waals surface area (Å²) < 4.78 is 5.40. The second kappa shape index (κ2) is 9.50. The Kier molecular flexibility index (Phi) is 7.08. The van der Waals surface area contributed by atoms with Crippen LogP contribution >= 0.6 is 0 Å². The first-order valence-corrected chi connectivity index (χ1v) is 8.85. The predicted molar refractivity (Wildman–Crippen MR) is 104 cm³/mol. The molecule has 0 aliphatic carbocycles. The third-order valence-electron chi connectivity index (χ3n) is 3.90. The van der Waals surface area contributed by atoms with Gasteiger partial charge in [-0.1, -0.05) is 24.3 Å². The topological polar surface area (TPSA) is 111 Å². The number of hydrogen-bond donors (Lipinski definition) is 2. The van der Waals surface area contributed by atoms with Gasteiger partial charge < -0.3 is 15.4 Å². The Balaban J connectivity index is 1.94. The number of benzene rings is 2. The fraction of sp³-hybridized carbons (Fsp3) is 0.300. The Morgan fingerprint density at radius 1 is 1.11 bits per heavy atom. The highest BCUT2D eigenvalue weighted by atomic mass is 16.6. The zero-order valence-electron chi connectivity index (χ0n) is 16.0. The molecule has 0 saturated carbocycles. The average Bonchev–Trinajstić information content (AvgIpc) is 2.66. The lowest BCUT2D eigenvalue weighted by atomic mass is 10.1. The van der Waals surface area contributed by atoms with Crippen LogP contribution in [0.25, 0.3) is 0 Å². The number of hydrogen-bond acceptors (Lipinski definition) is 5. The summed E-state index contributed by atoms with van der Waals surface area (Å²) in [5.41, 5.74) is 1.67. The second-order valence-electron chi connectivity index (χ2n) is 6.58. The number of carbonyl (C=O) groups is 2. The molecule has 0 radical (unpaired) electrons. The van der Waals surface area contributed by atoms with E-state index in [2.05, 4.69) is 10.6 Å². The lowest BCUT2D eigenvalue weighted by molar-refractivity contribution is -0.385. The smallest absolute Gasteiger partial charge is 0.338 e. The van der Waals surface area contributed by atoms with E-state index < -0.39 is 17.0 Å². The van der Waals surface area contributed by atoms with Gasteiger partial charge in [-0.05, 0) is 44.0 Å². The van der Waals surface area contributed by atoms with Crippen molar-refractivity contribution < 1.29 is 19.2 Å². The molecule has 2 amide bonds. The van der Waals surface area contributed by atoms with Gasteiger partial charge in [-0.3, -0.25) is 10.1 Å². The molecule has 0 bridgehead atoms. The molecule has 28 heavy (non-hydrogen) atoms. The Morgan fingerprint density at radius 2 is 1.79 bits per heavy atom. The molecular weight excluding hydrogens is 362 g/mol. The monoisotopic (exact) mass is 385 g/mol. The Morgan fingerprint density at radius 3 is 2.39 bits per heavy atom. The zero-order valence-corrected chi connectivity index (χ0v) is 16.0. The van der Waals surface area contributed by atoms with Crippen molar-refractivity contribution >= 4 is 17.7 Å². The van der Waals surface area contributed by atoms with Gasteiger partial charge in [0.1, 0.15) is 6.10 Å². The minimum Gasteiger partial charge on any atom is -0.454 e. The minimum absolute atomic E-state index is 0.0465. The third kappa shape index (κ3) is 6.08. The highest BCUT2D eigenvalue weighted by Gasteiger charge is 2.16. The molecular formula is C20H23N3O5. The molecule has 0 aliphatic rings. The number of urea groups is 1. The Bertz CT molecular complexity index is 849. The van der Waals surface area contributed by atoms with Crippen LogP contribution in [0.2, 0.25) is 0 Å². The van der Waals surface area contributed by atoms with Gasteiger partial charge >= 0.3 is 12.0 Å². The molecule has 2 rings (SSSR count). The molecule has 0 fully saturated rings. The Hall–Kier alpha value is -3.42. The molecule has 2 aromatic rings. The number of esters is 1. The number of ether oxygens (including phenoxy) is 1. The highest BCUT2D eigenvalue weighted by molar-refractivity contribution is 5.89. The molecule has 8 nitrogen and oxygen atoms in total. The van der Waals surface area contributed by atoms with Crippen LogP contribution in [-0.4, -0.2) is 23.0 Å². The summed E-state index contributed by atoms with van der Waals surface area (Å²) in [6.45, 7) is 5.73. The molecule has 0 aromatic heterocycles. The van der Waals surface area contributed by atoms with Crippen LogP contribution in [0.5, 0.6) is 0 Å². The summed E-state index contributed by atoms with van der Waals surface area (Å²) >= 11 is 0. The van der Waals surface area contributed by atoms with Crippen LogP contribution in [0.15, 0.2) is 48.5 Å². The van der Waals surface area contributed by atoms with Gasteiger partial charge in [0, 0.05) is 24.7 Å². The predicted octanol–water partition coefficient (Wildman–Crippen LogP) is 3.72. The fourth-order valence-electron chi connectivity index (χ4n) is 2.44. The van der Waals surface area contributed by atoms with Crippen LogP contribution in [-0.2, 0) is 11.3 Å². The van der Waals surface area contributed by atoms with Crippen LogP contribution < -0.4 is 10.6 Å². The number of nitrogens with one attached hydrogen (secondary N) is 2. The van der Waals surface area contributed by atoms with Gasteiger partial charge in [0.25, 0.3) is 5.69 Å². The van der Waals surface area contributed by atoms with E-state index in [4.69, 9.17) is 4.74 Å². The molecule has 0 unspecified atom stereocenters. The first-order valence-electron chi connectivity index (χ1n) is 8.85. The number of nitro benzene ring substituents is 1. The van der Waals surface area contributed by atoms with E-state index in [1.54, 1.807) is 43.3 Å². The summed E-state index contributed by atoms with van der Waals surface area (Å²) in [5, 5.41) is 16.3. The largest absolute Gasteiger partial charge is 0.454 e. The van der Waals surface area contributed by atoms with Crippen molar-refractivity contribution in [2.75, 3.05) is 0 Å². The highest BCUT2D eigenvalue weighted by Crippen LogP contribution is 2.22. The van der Waals surface area contributed by atoms with Crippen molar-refractivity contribution in [1.82, 2.24) is 10.6 Å². The summed E-state index contributed by atoms with van der Waals surface area (Å²) in [6, 6.07) is 12.4. The lowest BCUT2D eigenvalue weighted by Gasteiger charge is -2.14. The zero-order chi connectivity index (χ0) is 20.7. The lowest BCUT2D eigenvalue weighted by Crippen LogP contribution is -2.39. The van der Waals surface area contributed by atoms with E-state index in [-0.39, 0.29) is 17.8 Å². The van der Waals surface area contributed by atoms with Gasteiger partial charge in [0.05, 0.1) is 10.5 Å². The van der Waals surface area contributed by atoms with Gasteiger partial charge in [-0.2, -0.15) is 0 Å². The molecule has 1 atom stereocenters. The first-order chi connectivity index (χ1) is 13.3. The van der Waals surface area contributed by atoms with Crippen molar-refractivity contribution in [3.63, 3.8) is 0 Å².